The van der Waals surface area contributed by atoms with Crippen LogP contribution in [0.5, 0.6) is 0 Å². The maximum atomic E-state index is 5.07. The first kappa shape index (κ1) is 9.96. The van der Waals surface area contributed by atoms with Crippen LogP contribution in [0.1, 0.15) is 40.0 Å². The van der Waals surface area contributed by atoms with E-state index in [1.54, 1.807) is 0 Å². The van der Waals surface area contributed by atoms with Crippen molar-refractivity contribution in [2.45, 2.75) is 40.0 Å². The Labute approximate surface area is 64.8 Å². The molecule has 1 aliphatic rings. The lowest BCUT2D eigenvalue weighted by atomic mass is 10.2. The van der Waals surface area contributed by atoms with Gasteiger partial charge in [0, 0.05) is 13.2 Å². The molecule has 0 aliphatic carbocycles. The number of hydrogen-bond acceptors (Lipinski definition) is 1. The minimum absolute atomic E-state index is 0.833. The topological polar surface area (TPSA) is 9.23 Å². The van der Waals surface area contributed by atoms with Crippen molar-refractivity contribution in [3.05, 3.63) is 0 Å². The Hall–Kier alpha value is -0.0400. The Morgan fingerprint density at radius 2 is 1.30 bits per heavy atom. The van der Waals surface area contributed by atoms with Crippen molar-refractivity contribution in [3.63, 3.8) is 0 Å². The van der Waals surface area contributed by atoms with E-state index >= 15 is 0 Å². The Morgan fingerprint density at radius 3 is 1.40 bits per heavy atom. The largest absolute Gasteiger partial charge is 0.381 e. The van der Waals surface area contributed by atoms with Gasteiger partial charge in [0.25, 0.3) is 0 Å². The van der Waals surface area contributed by atoms with Crippen molar-refractivity contribution in [3.8, 4) is 0 Å². The summed E-state index contributed by atoms with van der Waals surface area (Å²) in [5, 5.41) is 0. The number of ether oxygens (including phenoxy) is 1. The van der Waals surface area contributed by atoms with Crippen LogP contribution in [-0.2, 0) is 4.74 Å². The highest BCUT2D eigenvalue weighted by atomic mass is 16.5. The Kier molecular flexibility index (Phi) is 7.04. The molecule has 1 heterocycles. The summed E-state index contributed by atoms with van der Waals surface area (Å²) in [6.07, 6.45) is 3.93. The molecule has 1 aliphatic heterocycles. The average molecular weight is 144 g/mol. The highest BCUT2D eigenvalue weighted by Crippen LogP contribution is 2.02. The highest BCUT2D eigenvalue weighted by Gasteiger charge is 1.94. The van der Waals surface area contributed by atoms with Crippen molar-refractivity contribution in [1.29, 1.82) is 0 Å². The molecule has 0 aromatic rings. The minimum Gasteiger partial charge on any atom is -0.381 e. The third-order valence-corrected chi connectivity index (χ3v) is 1.08. The highest BCUT2D eigenvalue weighted by molar-refractivity contribution is 4.45. The van der Waals surface area contributed by atoms with E-state index in [0.29, 0.717) is 0 Å². The van der Waals surface area contributed by atoms with E-state index in [2.05, 4.69) is 20.8 Å². The van der Waals surface area contributed by atoms with Crippen molar-refractivity contribution in [2.75, 3.05) is 13.2 Å². The van der Waals surface area contributed by atoms with E-state index in [9.17, 15) is 0 Å². The van der Waals surface area contributed by atoms with Gasteiger partial charge in [0.15, 0.2) is 0 Å². The van der Waals surface area contributed by atoms with Crippen molar-refractivity contribution < 1.29 is 4.74 Å². The molecule has 0 spiro atoms. The van der Waals surface area contributed by atoms with Crippen molar-refractivity contribution >= 4 is 0 Å². The van der Waals surface area contributed by atoms with E-state index < -0.39 is 0 Å². The van der Waals surface area contributed by atoms with Crippen LogP contribution >= 0.6 is 0 Å². The summed E-state index contributed by atoms with van der Waals surface area (Å²) in [5.41, 5.74) is 0. The minimum atomic E-state index is 0.833. The maximum absolute atomic E-state index is 5.07. The second kappa shape index (κ2) is 7.07. The molecule has 0 bridgehead atoms. The van der Waals surface area contributed by atoms with Gasteiger partial charge in [-0.2, -0.15) is 0 Å². The zero-order chi connectivity index (χ0) is 7.82. The van der Waals surface area contributed by atoms with Gasteiger partial charge in [-0.15, -0.1) is 0 Å². The van der Waals surface area contributed by atoms with E-state index in [1.807, 2.05) is 0 Å². The lowest BCUT2D eigenvalue weighted by molar-refractivity contribution is 0.0968. The summed E-state index contributed by atoms with van der Waals surface area (Å²) in [7, 11) is 0. The van der Waals surface area contributed by atoms with Gasteiger partial charge in [0.05, 0.1) is 0 Å². The van der Waals surface area contributed by atoms with Gasteiger partial charge in [-0.3, -0.25) is 0 Å². The first-order valence-corrected chi connectivity index (χ1v) is 4.31. The van der Waals surface area contributed by atoms with Gasteiger partial charge < -0.3 is 4.74 Å². The molecule has 1 saturated heterocycles. The smallest absolute Gasteiger partial charge is 0.0466 e. The number of rotatable bonds is 0. The number of hydrogen-bond donors (Lipinski definition) is 0. The molecule has 1 rings (SSSR count). The van der Waals surface area contributed by atoms with Crippen LogP contribution in [0.2, 0.25) is 0 Å². The third kappa shape index (κ3) is 10.9. The molecule has 0 N–H and O–H groups in total. The molecule has 0 unspecified atom stereocenters. The molecule has 1 heteroatoms. The molecule has 1 fully saturated rings. The fourth-order valence-corrected chi connectivity index (χ4v) is 0.687. The molecule has 10 heavy (non-hydrogen) atoms. The van der Waals surface area contributed by atoms with Gasteiger partial charge in [-0.05, 0) is 25.2 Å². The van der Waals surface area contributed by atoms with Crippen LogP contribution in [0.15, 0.2) is 0 Å². The molecule has 62 valence electrons. The fraction of sp³-hybridized carbons (Fsp3) is 1.00. The summed E-state index contributed by atoms with van der Waals surface area (Å²) >= 11 is 0. The standard InChI is InChI=1S/C5H10O.C4H10/c1-2-4-6-5-3-1;1-4(2)3/h1-5H2;4H,1-3H3. The van der Waals surface area contributed by atoms with Gasteiger partial charge >= 0.3 is 0 Å². The van der Waals surface area contributed by atoms with Gasteiger partial charge in [-0.1, -0.05) is 20.8 Å². The zero-order valence-electron chi connectivity index (χ0n) is 7.52. The quantitative estimate of drug-likeness (QED) is 0.508. The first-order valence-electron chi connectivity index (χ1n) is 4.31. The van der Waals surface area contributed by atoms with E-state index in [1.165, 1.54) is 19.3 Å². The second-order valence-electron chi connectivity index (χ2n) is 3.41. The second-order valence-corrected chi connectivity index (χ2v) is 3.41. The first-order chi connectivity index (χ1) is 4.73. The lowest BCUT2D eigenvalue weighted by Crippen LogP contribution is -2.03. The predicted octanol–water partition coefficient (Wildman–Crippen LogP) is 2.85. The maximum Gasteiger partial charge on any atom is 0.0466 e. The SMILES string of the molecule is C1CCOCC1.CC(C)C. The Bertz CT molecular complexity index is 41.5. The van der Waals surface area contributed by atoms with E-state index in [-0.39, 0.29) is 0 Å². The van der Waals surface area contributed by atoms with Crippen LogP contribution in [-0.4, -0.2) is 13.2 Å². The third-order valence-electron chi connectivity index (χ3n) is 1.08. The molecule has 0 atom stereocenters. The fourth-order valence-electron chi connectivity index (χ4n) is 0.687. The molecule has 0 aromatic carbocycles. The van der Waals surface area contributed by atoms with E-state index in [0.717, 1.165) is 19.1 Å². The summed E-state index contributed by atoms with van der Waals surface area (Å²) in [5.74, 6) is 0.833. The van der Waals surface area contributed by atoms with E-state index in [4.69, 9.17) is 4.74 Å². The van der Waals surface area contributed by atoms with Crippen LogP contribution < -0.4 is 0 Å². The monoisotopic (exact) mass is 144 g/mol. The van der Waals surface area contributed by atoms with Crippen molar-refractivity contribution in [1.82, 2.24) is 0 Å². The van der Waals surface area contributed by atoms with Crippen LogP contribution in [0, 0.1) is 5.92 Å². The zero-order valence-corrected chi connectivity index (χ0v) is 7.52. The van der Waals surface area contributed by atoms with Gasteiger partial charge in [0.2, 0.25) is 0 Å². The molecular weight excluding hydrogens is 124 g/mol. The normalized spacial score (nSPS) is 18.0. The van der Waals surface area contributed by atoms with Crippen LogP contribution in [0.3, 0.4) is 0 Å². The molecule has 1 nitrogen and oxygen atoms in total. The summed E-state index contributed by atoms with van der Waals surface area (Å²) in [6.45, 7) is 8.50. The van der Waals surface area contributed by atoms with Gasteiger partial charge in [-0.25, -0.2) is 0 Å². The van der Waals surface area contributed by atoms with Crippen molar-refractivity contribution in [2.24, 2.45) is 5.92 Å². The average Bonchev–Trinajstić information content (AvgIpc) is 1.90. The Balaban J connectivity index is 0.000000180. The lowest BCUT2D eigenvalue weighted by Gasteiger charge is -2.08. The van der Waals surface area contributed by atoms with Gasteiger partial charge in [0.1, 0.15) is 0 Å². The molecule has 0 radical (unpaired) electrons. The molecular formula is C9H20O. The van der Waals surface area contributed by atoms with Crippen LogP contribution in [0.25, 0.3) is 0 Å². The molecule has 0 aromatic heterocycles. The Morgan fingerprint density at radius 1 is 0.900 bits per heavy atom. The molecule has 0 saturated carbocycles. The summed E-state index contributed by atoms with van der Waals surface area (Å²) < 4.78 is 5.07. The predicted molar refractivity (Wildman–Crippen MR) is 45.2 cm³/mol. The summed E-state index contributed by atoms with van der Waals surface area (Å²) in [4.78, 5) is 0. The summed E-state index contributed by atoms with van der Waals surface area (Å²) in [6, 6.07) is 0. The molecule has 0 amide bonds. The van der Waals surface area contributed by atoms with Crippen LogP contribution in [0.4, 0.5) is 0 Å².